The van der Waals surface area contributed by atoms with E-state index in [1.807, 2.05) is 44.2 Å². The number of hydrogen-bond donors (Lipinski definition) is 1. The highest BCUT2D eigenvalue weighted by molar-refractivity contribution is 6.35. The number of ether oxygens (including phenoxy) is 2. The summed E-state index contributed by atoms with van der Waals surface area (Å²) in [5.41, 5.74) is 6.50. The Hall–Kier alpha value is -2.28. The lowest BCUT2D eigenvalue weighted by molar-refractivity contribution is -0.156. The summed E-state index contributed by atoms with van der Waals surface area (Å²) in [4.78, 5) is 19.8. The maximum Gasteiger partial charge on any atom is 0.261 e. The van der Waals surface area contributed by atoms with Crippen molar-refractivity contribution in [2.75, 3.05) is 13.7 Å². The van der Waals surface area contributed by atoms with Gasteiger partial charge in [-0.05, 0) is 55.3 Å². The van der Waals surface area contributed by atoms with E-state index in [2.05, 4.69) is 0 Å². The molecule has 0 bridgehead atoms. The molecular weight excluding hydrogens is 449 g/mol. The third-order valence-corrected chi connectivity index (χ3v) is 7.07. The van der Waals surface area contributed by atoms with Crippen LogP contribution in [0.2, 0.25) is 10.0 Å². The Morgan fingerprint density at radius 2 is 1.78 bits per heavy atom. The lowest BCUT2D eigenvalue weighted by Crippen LogP contribution is -2.57. The molecule has 1 amide bonds. The topological polar surface area (TPSA) is 77.2 Å². The van der Waals surface area contributed by atoms with E-state index in [0.717, 1.165) is 11.1 Å². The first kappa shape index (κ1) is 21.6. The largest absolute Gasteiger partial charge is 0.487 e. The molecule has 0 saturated carbocycles. The molecule has 1 fully saturated rings. The van der Waals surface area contributed by atoms with E-state index >= 15 is 0 Å². The van der Waals surface area contributed by atoms with Crippen LogP contribution in [0.5, 0.6) is 5.75 Å². The molecule has 2 aromatic carbocycles. The number of fused-ring (bicyclic) bond motifs is 2. The minimum absolute atomic E-state index is 0.149. The second-order valence-corrected chi connectivity index (χ2v) is 10.4. The molecule has 32 heavy (non-hydrogen) atoms. The van der Waals surface area contributed by atoms with Gasteiger partial charge < -0.3 is 15.2 Å². The highest BCUT2D eigenvalue weighted by Crippen LogP contribution is 2.54. The number of nitrogens with two attached hydrogens (primary N) is 1. The Kier molecular flexibility index (Phi) is 4.79. The van der Waals surface area contributed by atoms with Crippen LogP contribution in [0.4, 0.5) is 0 Å². The summed E-state index contributed by atoms with van der Waals surface area (Å²) in [6.07, 6.45) is 1.73. The third-order valence-electron chi connectivity index (χ3n) is 6.63. The third kappa shape index (κ3) is 3.36. The Labute approximate surface area is 197 Å². The van der Waals surface area contributed by atoms with Gasteiger partial charge in [-0.3, -0.25) is 9.69 Å². The van der Waals surface area contributed by atoms with Gasteiger partial charge in [0.1, 0.15) is 11.4 Å². The van der Waals surface area contributed by atoms with Crippen molar-refractivity contribution in [3.8, 4) is 16.9 Å². The van der Waals surface area contributed by atoms with Crippen molar-refractivity contribution in [1.82, 2.24) is 4.90 Å². The standard InChI is InChI=1S/C24H25Cl2N3O3/c1-22(2)12-23(6-7-31-22)13-24(20(30)29(3)21(27)28-24)18-10-14(4-5-19(18)32-23)15-8-16(25)11-17(26)9-15/h4-5,8-11H,6-7,12-13H2,1-3H3,(H2,27,28). The first-order valence-electron chi connectivity index (χ1n) is 10.6. The summed E-state index contributed by atoms with van der Waals surface area (Å²) in [5, 5.41) is 1.08. The van der Waals surface area contributed by atoms with Gasteiger partial charge in [0.2, 0.25) is 0 Å². The van der Waals surface area contributed by atoms with Crippen LogP contribution in [0, 0.1) is 0 Å². The highest BCUT2D eigenvalue weighted by Gasteiger charge is 2.59. The van der Waals surface area contributed by atoms with Crippen LogP contribution in [0.15, 0.2) is 41.4 Å². The molecule has 3 aliphatic rings. The molecule has 2 aromatic rings. The number of likely N-dealkylation sites (N-methyl/N-ethyl adjacent to an activating group) is 1. The Bertz CT molecular complexity index is 1140. The summed E-state index contributed by atoms with van der Waals surface area (Å²) < 4.78 is 12.6. The molecule has 2 unspecified atom stereocenters. The molecule has 8 heteroatoms. The van der Waals surface area contributed by atoms with Gasteiger partial charge in [0, 0.05) is 41.9 Å². The number of benzene rings is 2. The average molecular weight is 474 g/mol. The number of carbonyl (C=O) groups is 1. The van der Waals surface area contributed by atoms with Crippen molar-refractivity contribution in [3.05, 3.63) is 52.0 Å². The normalized spacial score (nSPS) is 28.6. The summed E-state index contributed by atoms with van der Waals surface area (Å²) in [6.45, 7) is 4.65. The molecular formula is C24H25Cl2N3O3. The molecule has 0 radical (unpaired) electrons. The van der Waals surface area contributed by atoms with E-state index in [9.17, 15) is 4.79 Å². The number of amides is 1. The van der Waals surface area contributed by atoms with Gasteiger partial charge in [0.15, 0.2) is 11.5 Å². The number of guanidine groups is 1. The number of nitrogens with zero attached hydrogens (tertiary/aromatic N) is 2. The second-order valence-electron chi connectivity index (χ2n) is 9.56. The van der Waals surface area contributed by atoms with Crippen molar-refractivity contribution in [2.24, 2.45) is 10.7 Å². The van der Waals surface area contributed by atoms with Gasteiger partial charge in [0.05, 0.1) is 12.2 Å². The van der Waals surface area contributed by atoms with Crippen LogP contribution in [-0.2, 0) is 15.1 Å². The van der Waals surface area contributed by atoms with Crippen LogP contribution >= 0.6 is 23.2 Å². The second kappa shape index (κ2) is 7.11. The van der Waals surface area contributed by atoms with E-state index in [4.69, 9.17) is 43.4 Å². The molecule has 3 heterocycles. The summed E-state index contributed by atoms with van der Waals surface area (Å²) in [6, 6.07) is 11.2. The smallest absolute Gasteiger partial charge is 0.261 e. The van der Waals surface area contributed by atoms with Gasteiger partial charge >= 0.3 is 0 Å². The summed E-state index contributed by atoms with van der Waals surface area (Å²) in [5.74, 6) is 0.705. The fourth-order valence-corrected chi connectivity index (χ4v) is 5.86. The summed E-state index contributed by atoms with van der Waals surface area (Å²) in [7, 11) is 1.66. The Morgan fingerprint density at radius 3 is 2.41 bits per heavy atom. The number of carbonyl (C=O) groups excluding carboxylic acids is 1. The van der Waals surface area contributed by atoms with Crippen LogP contribution in [0.3, 0.4) is 0 Å². The molecule has 0 aliphatic carbocycles. The van der Waals surface area contributed by atoms with Gasteiger partial charge in [0.25, 0.3) is 5.91 Å². The number of halogens is 2. The maximum atomic E-state index is 13.6. The van der Waals surface area contributed by atoms with E-state index in [1.54, 1.807) is 13.1 Å². The van der Waals surface area contributed by atoms with Gasteiger partial charge in [-0.2, -0.15) is 0 Å². The van der Waals surface area contributed by atoms with Crippen molar-refractivity contribution in [1.29, 1.82) is 0 Å². The maximum absolute atomic E-state index is 13.6. The van der Waals surface area contributed by atoms with Crippen molar-refractivity contribution in [2.45, 2.75) is 49.9 Å². The predicted octanol–water partition coefficient (Wildman–Crippen LogP) is 4.75. The van der Waals surface area contributed by atoms with E-state index < -0.39 is 11.1 Å². The van der Waals surface area contributed by atoms with Crippen LogP contribution in [-0.4, -0.2) is 41.6 Å². The minimum Gasteiger partial charge on any atom is -0.487 e. The van der Waals surface area contributed by atoms with E-state index in [1.165, 1.54) is 4.90 Å². The zero-order valence-electron chi connectivity index (χ0n) is 18.2. The molecule has 2 atom stereocenters. The lowest BCUT2D eigenvalue weighted by atomic mass is 9.70. The van der Waals surface area contributed by atoms with Crippen molar-refractivity contribution < 1.29 is 14.3 Å². The Balaban J connectivity index is 1.69. The van der Waals surface area contributed by atoms with Gasteiger partial charge in [-0.15, -0.1) is 0 Å². The van der Waals surface area contributed by atoms with Crippen molar-refractivity contribution >= 4 is 35.1 Å². The van der Waals surface area contributed by atoms with Gasteiger partial charge in [-0.1, -0.05) is 29.3 Å². The summed E-state index contributed by atoms with van der Waals surface area (Å²) >= 11 is 12.5. The monoisotopic (exact) mass is 473 g/mol. The fraction of sp³-hybridized carbons (Fsp3) is 0.417. The predicted molar refractivity (Wildman–Crippen MR) is 125 cm³/mol. The first-order valence-corrected chi connectivity index (χ1v) is 11.4. The Morgan fingerprint density at radius 1 is 1.06 bits per heavy atom. The van der Waals surface area contributed by atoms with Crippen LogP contribution < -0.4 is 10.5 Å². The number of hydrogen-bond acceptors (Lipinski definition) is 5. The van der Waals surface area contributed by atoms with Gasteiger partial charge in [-0.25, -0.2) is 4.99 Å². The highest BCUT2D eigenvalue weighted by atomic mass is 35.5. The zero-order valence-corrected chi connectivity index (χ0v) is 19.8. The molecule has 1 saturated heterocycles. The molecule has 2 spiro atoms. The average Bonchev–Trinajstić information content (AvgIpc) is 2.90. The molecule has 6 nitrogen and oxygen atoms in total. The SMILES string of the molecule is CN1C(=O)C2(CC3(CCOC(C)(C)C3)Oc3ccc(-c4cc(Cl)cc(Cl)c4)cc32)N=C1N. The quantitative estimate of drug-likeness (QED) is 0.647. The van der Waals surface area contributed by atoms with Crippen molar-refractivity contribution in [3.63, 3.8) is 0 Å². The molecule has 3 aliphatic heterocycles. The molecule has 2 N–H and O–H groups in total. The van der Waals surface area contributed by atoms with Crippen LogP contribution in [0.25, 0.3) is 11.1 Å². The minimum atomic E-state index is -1.14. The van der Waals surface area contributed by atoms with E-state index in [-0.39, 0.29) is 17.5 Å². The number of aliphatic imine (C=N–C) groups is 1. The zero-order chi connectivity index (χ0) is 22.9. The molecule has 0 aromatic heterocycles. The first-order chi connectivity index (χ1) is 15.0. The number of rotatable bonds is 1. The van der Waals surface area contributed by atoms with E-state index in [0.29, 0.717) is 47.2 Å². The fourth-order valence-electron chi connectivity index (χ4n) is 5.33. The molecule has 168 valence electrons. The van der Waals surface area contributed by atoms with Crippen LogP contribution in [0.1, 0.15) is 38.7 Å². The molecule has 5 rings (SSSR count). The lowest BCUT2D eigenvalue weighted by Gasteiger charge is -2.50.